The Morgan fingerprint density at radius 2 is 1.35 bits per heavy atom. The molecule has 7 aromatic rings. The number of halogens is 4. The van der Waals surface area contributed by atoms with E-state index >= 15 is 0 Å². The second-order valence-electron chi connectivity index (χ2n) is 18.1. The number of piperidine rings is 2. The van der Waals surface area contributed by atoms with Crippen LogP contribution in [0.1, 0.15) is 65.6 Å². The molecule has 10 rings (SSSR count). The van der Waals surface area contributed by atoms with E-state index in [1.165, 1.54) is 24.8 Å². The summed E-state index contributed by atoms with van der Waals surface area (Å²) in [5.74, 6) is -1.04. The first-order valence-corrected chi connectivity index (χ1v) is 23.6. The SMILES string of the molecule is CC1(N)CCN(c2cccnc2NC(=O)c2nc(-c3ncnc4c(Nc5ncc(-c6nc(N7CCC7)ccc6C(F)(F)F)nc5C(=O)Nc5ncccc5N5CCC(N)CC5)c(Cl)ccc34)cnc2N)CC1. The van der Waals surface area contributed by atoms with Crippen molar-refractivity contribution >= 4 is 80.5 Å². The van der Waals surface area contributed by atoms with E-state index in [9.17, 15) is 22.8 Å². The number of nitrogens with one attached hydrogen (secondary N) is 3. The normalized spacial score (nSPS) is 16.1. The predicted molar refractivity (Wildman–Crippen MR) is 268 cm³/mol. The molecule has 0 spiro atoms. The Kier molecular flexibility index (Phi) is 12.9. The molecule has 0 atom stereocenters. The lowest BCUT2D eigenvalue weighted by Gasteiger charge is -2.38. The highest BCUT2D eigenvalue weighted by Crippen LogP contribution is 2.40. The first-order valence-electron chi connectivity index (χ1n) is 23.2. The number of aromatic nitrogens is 9. The molecule has 1 aromatic carbocycles. The van der Waals surface area contributed by atoms with Gasteiger partial charge in [-0.25, -0.2) is 44.9 Å². The van der Waals surface area contributed by atoms with Gasteiger partial charge in [0, 0.05) is 68.6 Å². The zero-order chi connectivity index (χ0) is 50.3. The van der Waals surface area contributed by atoms with Crippen molar-refractivity contribution in [3.05, 3.63) is 102 Å². The fraction of sp³-hybridized carbons (Fsp3) is 0.312. The van der Waals surface area contributed by atoms with Crippen molar-refractivity contribution in [3.63, 3.8) is 0 Å². The van der Waals surface area contributed by atoms with Gasteiger partial charge in [-0.15, -0.1) is 0 Å². The number of alkyl halides is 3. The molecule has 72 heavy (non-hydrogen) atoms. The first-order chi connectivity index (χ1) is 34.6. The lowest BCUT2D eigenvalue weighted by atomic mass is 9.91. The summed E-state index contributed by atoms with van der Waals surface area (Å²) in [7, 11) is 0. The number of hydrogen-bond donors (Lipinski definition) is 6. The molecule has 0 unspecified atom stereocenters. The smallest absolute Gasteiger partial charge is 0.382 e. The highest BCUT2D eigenvalue weighted by Gasteiger charge is 2.37. The number of benzene rings is 1. The van der Waals surface area contributed by atoms with E-state index < -0.39 is 34.9 Å². The van der Waals surface area contributed by atoms with Gasteiger partial charge in [0.05, 0.1) is 45.6 Å². The molecule has 3 saturated heterocycles. The Hall–Kier alpha value is -7.89. The second-order valence-corrected chi connectivity index (χ2v) is 18.5. The largest absolute Gasteiger partial charge is 0.418 e. The predicted octanol–water partition coefficient (Wildman–Crippen LogP) is 6.69. The van der Waals surface area contributed by atoms with Crippen molar-refractivity contribution in [3.8, 4) is 22.8 Å². The van der Waals surface area contributed by atoms with Gasteiger partial charge in [-0.1, -0.05) is 11.6 Å². The molecule has 20 nitrogen and oxygen atoms in total. The molecule has 2 amide bonds. The van der Waals surface area contributed by atoms with Crippen molar-refractivity contribution < 1.29 is 22.8 Å². The van der Waals surface area contributed by atoms with Gasteiger partial charge in [-0.05, 0) is 87.6 Å². The number of amides is 2. The Bertz CT molecular complexity index is 3210. The Labute approximate surface area is 415 Å². The summed E-state index contributed by atoms with van der Waals surface area (Å²) in [4.78, 5) is 74.9. The van der Waals surface area contributed by atoms with Gasteiger partial charge in [0.2, 0.25) is 0 Å². The molecular formula is C48H48ClF3N18O2. The molecule has 0 saturated carbocycles. The molecule has 0 bridgehead atoms. The maximum atomic E-state index is 14.7. The molecule has 9 heterocycles. The number of nitrogens with zero attached hydrogens (tertiary/aromatic N) is 12. The van der Waals surface area contributed by atoms with Crippen LogP contribution in [-0.4, -0.2) is 108 Å². The third kappa shape index (κ3) is 9.77. The van der Waals surface area contributed by atoms with Crippen LogP contribution in [0.5, 0.6) is 0 Å². The third-order valence-corrected chi connectivity index (χ3v) is 13.3. The molecule has 3 aliphatic heterocycles. The second kappa shape index (κ2) is 19.4. The molecule has 3 aliphatic rings. The van der Waals surface area contributed by atoms with E-state index in [4.69, 9.17) is 28.8 Å². The van der Waals surface area contributed by atoms with Crippen molar-refractivity contribution in [1.82, 2.24) is 44.9 Å². The summed E-state index contributed by atoms with van der Waals surface area (Å²) in [5.41, 5.74) is 18.1. The molecule has 9 N–H and O–H groups in total. The Morgan fingerprint density at radius 1 is 0.722 bits per heavy atom. The maximum Gasteiger partial charge on any atom is 0.418 e. The van der Waals surface area contributed by atoms with Gasteiger partial charge in [0.1, 0.15) is 34.9 Å². The van der Waals surface area contributed by atoms with Crippen molar-refractivity contribution in [2.45, 2.75) is 56.8 Å². The number of rotatable bonds is 11. The van der Waals surface area contributed by atoms with Gasteiger partial charge >= 0.3 is 6.18 Å². The monoisotopic (exact) mass is 1000 g/mol. The van der Waals surface area contributed by atoms with Gasteiger partial charge in [-0.2, -0.15) is 13.2 Å². The quantitative estimate of drug-likeness (QED) is 0.0788. The van der Waals surface area contributed by atoms with E-state index in [0.717, 1.165) is 44.4 Å². The van der Waals surface area contributed by atoms with Crippen LogP contribution in [0.25, 0.3) is 33.7 Å². The summed E-state index contributed by atoms with van der Waals surface area (Å²) < 4.78 is 44.0. The number of carbonyl (C=O) groups excluding carboxylic acids is 2. The van der Waals surface area contributed by atoms with Crippen LogP contribution in [0, 0.1) is 0 Å². The van der Waals surface area contributed by atoms with Crippen molar-refractivity contribution in [2.24, 2.45) is 11.5 Å². The van der Waals surface area contributed by atoms with Crippen molar-refractivity contribution in [2.75, 3.05) is 75.7 Å². The minimum Gasteiger partial charge on any atom is -0.382 e. The minimum atomic E-state index is -4.83. The van der Waals surface area contributed by atoms with Crippen molar-refractivity contribution in [1.29, 1.82) is 0 Å². The van der Waals surface area contributed by atoms with E-state index in [2.05, 4.69) is 65.7 Å². The summed E-state index contributed by atoms with van der Waals surface area (Å²) in [5, 5.41) is 9.26. The van der Waals surface area contributed by atoms with E-state index in [0.29, 0.717) is 67.7 Å². The highest BCUT2D eigenvalue weighted by atomic mass is 35.5. The number of fused-ring (bicyclic) bond motifs is 1. The molecule has 24 heteroatoms. The summed E-state index contributed by atoms with van der Waals surface area (Å²) in [6.07, 6.45) is 5.76. The number of pyridine rings is 3. The molecular weight excluding hydrogens is 953 g/mol. The maximum absolute atomic E-state index is 14.7. The lowest BCUT2D eigenvalue weighted by molar-refractivity contribution is -0.137. The average Bonchev–Trinajstić information content (AvgIpc) is 3.34. The molecule has 0 radical (unpaired) electrons. The van der Waals surface area contributed by atoms with Gasteiger partial charge < -0.3 is 47.9 Å². The minimum absolute atomic E-state index is 0.0316. The fourth-order valence-electron chi connectivity index (χ4n) is 8.80. The van der Waals surface area contributed by atoms with Crippen LogP contribution in [0.2, 0.25) is 5.02 Å². The van der Waals surface area contributed by atoms with E-state index in [1.54, 1.807) is 36.5 Å². The summed E-state index contributed by atoms with van der Waals surface area (Å²) >= 11 is 6.89. The van der Waals surface area contributed by atoms with Crippen LogP contribution < -0.4 is 47.9 Å². The van der Waals surface area contributed by atoms with Crippen LogP contribution in [0.4, 0.5) is 59.3 Å². The first kappa shape index (κ1) is 47.8. The van der Waals surface area contributed by atoms with Gasteiger partial charge in [0.15, 0.2) is 34.7 Å². The van der Waals surface area contributed by atoms with E-state index in [-0.39, 0.29) is 68.0 Å². The topological polar surface area (TPSA) is 274 Å². The van der Waals surface area contributed by atoms with Gasteiger partial charge in [0.25, 0.3) is 11.8 Å². The Morgan fingerprint density at radius 3 is 2.00 bits per heavy atom. The molecule has 6 aromatic heterocycles. The number of hydrogen-bond acceptors (Lipinski definition) is 18. The van der Waals surface area contributed by atoms with Crippen LogP contribution in [0.3, 0.4) is 0 Å². The highest BCUT2D eigenvalue weighted by molar-refractivity contribution is 6.35. The van der Waals surface area contributed by atoms with Crippen LogP contribution in [-0.2, 0) is 6.18 Å². The van der Waals surface area contributed by atoms with Crippen LogP contribution >= 0.6 is 11.6 Å². The number of anilines is 8. The number of nitrogens with two attached hydrogens (primary N) is 3. The summed E-state index contributed by atoms with van der Waals surface area (Å²) in [6.45, 7) is 5.81. The standard InChI is InChI=1S/C48H48ClF3N18O2/c1-47(55)13-21-69(22-14-47)33-6-3-16-57-43(33)66-45(71)39-41(54)58-23-30(62-39)35-27-7-9-29(49)38(36(27)61-25-60-35)65-44-40(46(72)67-42-32(5-2-15-56-42)68-19-11-26(53)12-20-68)63-31(24-59-44)37-28(48(50,51)52)8-10-34(64-37)70-17-4-18-70/h2-3,5-10,15-16,23-26H,4,11-14,17-22,53,55H2,1H3,(H2,54,58)(H,59,65)(H,56,67,72)(H,57,66,71). The van der Waals surface area contributed by atoms with Gasteiger partial charge in [-0.3, -0.25) is 9.59 Å². The zero-order valence-corrected chi connectivity index (χ0v) is 39.5. The Balaban J connectivity index is 1.01. The van der Waals surface area contributed by atoms with Crippen LogP contribution in [0.15, 0.2) is 79.6 Å². The third-order valence-electron chi connectivity index (χ3n) is 13.0. The molecule has 3 fully saturated rings. The molecule has 370 valence electrons. The number of nitrogen functional groups attached to an aromatic ring is 1. The summed E-state index contributed by atoms with van der Waals surface area (Å²) in [6, 6.07) is 12.7. The lowest BCUT2D eigenvalue weighted by Crippen LogP contribution is -2.48. The fourth-order valence-corrected chi connectivity index (χ4v) is 9.00. The number of carbonyl (C=O) groups is 2. The molecule has 0 aliphatic carbocycles. The average molecular weight is 1000 g/mol. The van der Waals surface area contributed by atoms with E-state index in [1.807, 2.05) is 22.8 Å². The zero-order valence-electron chi connectivity index (χ0n) is 38.8.